The number of rotatable bonds is 3. The first-order chi connectivity index (χ1) is 13.3. The van der Waals surface area contributed by atoms with E-state index in [1.807, 2.05) is 29.0 Å². The van der Waals surface area contributed by atoms with E-state index in [-0.39, 0.29) is 0 Å². The van der Waals surface area contributed by atoms with Crippen LogP contribution in [0.15, 0.2) is 61.1 Å². The molecule has 1 aliphatic rings. The monoisotopic (exact) mass is 373 g/mol. The predicted molar refractivity (Wildman–Crippen MR) is 110 cm³/mol. The molecule has 0 saturated heterocycles. The molecule has 3 aromatic heterocycles. The Bertz CT molecular complexity index is 1090. The van der Waals surface area contributed by atoms with Crippen LogP contribution in [0.25, 0.3) is 21.8 Å². The van der Waals surface area contributed by atoms with Crippen molar-refractivity contribution >= 4 is 27.0 Å². The molecule has 0 unspecified atom stereocenters. The number of hydrogen-bond acceptors (Lipinski definition) is 5. The Morgan fingerprint density at radius 3 is 2.78 bits per heavy atom. The third kappa shape index (κ3) is 3.13. The summed E-state index contributed by atoms with van der Waals surface area (Å²) in [6.45, 7) is 4.01. The molecule has 0 bridgehead atoms. The minimum atomic E-state index is 0.884. The highest BCUT2D eigenvalue weighted by Gasteiger charge is 2.18. The van der Waals surface area contributed by atoms with Gasteiger partial charge in [0.15, 0.2) is 0 Å². The van der Waals surface area contributed by atoms with Gasteiger partial charge in [-0.05, 0) is 36.6 Å². The maximum atomic E-state index is 4.74. The van der Waals surface area contributed by atoms with Gasteiger partial charge >= 0.3 is 0 Å². The highest BCUT2D eigenvalue weighted by atomic mass is 32.1. The second-order valence-corrected chi connectivity index (χ2v) is 7.71. The molecule has 4 aromatic rings. The molecule has 5 rings (SSSR count). The van der Waals surface area contributed by atoms with E-state index in [1.54, 1.807) is 17.5 Å². The summed E-state index contributed by atoms with van der Waals surface area (Å²) >= 11 is 1.64. The maximum Gasteiger partial charge on any atom is 0.214 e. The van der Waals surface area contributed by atoms with Crippen LogP contribution in [0.1, 0.15) is 17.5 Å². The van der Waals surface area contributed by atoms with Crippen LogP contribution in [0, 0.1) is 6.92 Å². The van der Waals surface area contributed by atoms with E-state index >= 15 is 0 Å². The van der Waals surface area contributed by atoms with Crippen molar-refractivity contribution in [3.63, 3.8) is 0 Å². The number of benzene rings is 1. The number of fused-ring (bicyclic) bond motifs is 1. The van der Waals surface area contributed by atoms with Crippen LogP contribution in [0.4, 0.5) is 5.13 Å². The van der Waals surface area contributed by atoms with Gasteiger partial charge < -0.3 is 4.90 Å². The molecule has 27 heavy (non-hydrogen) atoms. The standard InChI is InChI=1S/C21H19N5S/c1-15-4-2-5-17(12-15)16-7-10-25(11-8-16)21-24-26-14-19(23-20(26)27-21)18-6-3-9-22-13-18/h2-7,9,12-14H,8,10-11H2,1H3. The molecule has 0 fully saturated rings. The zero-order chi connectivity index (χ0) is 18.2. The minimum Gasteiger partial charge on any atom is -0.343 e. The van der Waals surface area contributed by atoms with Crippen LogP contribution >= 0.6 is 11.3 Å². The van der Waals surface area contributed by atoms with E-state index in [2.05, 4.69) is 47.1 Å². The number of hydrogen-bond donors (Lipinski definition) is 0. The summed E-state index contributed by atoms with van der Waals surface area (Å²) in [6, 6.07) is 12.7. The van der Waals surface area contributed by atoms with Gasteiger partial charge in [-0.3, -0.25) is 4.98 Å². The molecule has 0 atom stereocenters. The normalized spacial score (nSPS) is 14.6. The summed E-state index contributed by atoms with van der Waals surface area (Å²) in [4.78, 5) is 12.1. The van der Waals surface area contributed by atoms with Gasteiger partial charge in [-0.2, -0.15) is 0 Å². The summed E-state index contributed by atoms with van der Waals surface area (Å²) in [7, 11) is 0. The number of pyridine rings is 1. The average Bonchev–Trinajstić information content (AvgIpc) is 3.28. The molecule has 0 spiro atoms. The van der Waals surface area contributed by atoms with Crippen molar-refractivity contribution in [2.24, 2.45) is 0 Å². The molecule has 1 aromatic carbocycles. The maximum absolute atomic E-state index is 4.74. The van der Waals surface area contributed by atoms with Crippen molar-refractivity contribution in [2.75, 3.05) is 18.0 Å². The Morgan fingerprint density at radius 1 is 1.11 bits per heavy atom. The second-order valence-electron chi connectivity index (χ2n) is 6.77. The highest BCUT2D eigenvalue weighted by Crippen LogP contribution is 2.30. The van der Waals surface area contributed by atoms with Crippen molar-refractivity contribution in [3.05, 3.63) is 72.2 Å². The van der Waals surface area contributed by atoms with Gasteiger partial charge in [0.25, 0.3) is 0 Å². The first kappa shape index (κ1) is 16.2. The van der Waals surface area contributed by atoms with E-state index in [0.29, 0.717) is 0 Å². The van der Waals surface area contributed by atoms with Crippen molar-refractivity contribution in [1.29, 1.82) is 0 Å². The van der Waals surface area contributed by atoms with Crippen molar-refractivity contribution in [1.82, 2.24) is 19.6 Å². The molecule has 5 nitrogen and oxygen atoms in total. The summed E-state index contributed by atoms with van der Waals surface area (Å²) in [5, 5.41) is 5.77. The molecular formula is C21H19N5S. The molecule has 4 heterocycles. The quantitative estimate of drug-likeness (QED) is 0.532. The van der Waals surface area contributed by atoms with Gasteiger partial charge in [0.05, 0.1) is 11.9 Å². The highest BCUT2D eigenvalue weighted by molar-refractivity contribution is 7.20. The molecule has 1 aliphatic heterocycles. The number of aryl methyl sites for hydroxylation is 1. The van der Waals surface area contributed by atoms with Crippen LogP contribution in [-0.4, -0.2) is 32.7 Å². The summed E-state index contributed by atoms with van der Waals surface area (Å²) < 4.78 is 1.88. The number of imidazole rings is 1. The van der Waals surface area contributed by atoms with Crippen molar-refractivity contribution in [3.8, 4) is 11.3 Å². The van der Waals surface area contributed by atoms with Gasteiger partial charge in [-0.15, -0.1) is 5.10 Å². The molecule has 0 N–H and O–H groups in total. The third-order valence-electron chi connectivity index (χ3n) is 4.86. The Kier molecular flexibility index (Phi) is 3.98. The van der Waals surface area contributed by atoms with E-state index in [0.717, 1.165) is 40.9 Å². The lowest BCUT2D eigenvalue weighted by atomic mass is 9.98. The Morgan fingerprint density at radius 2 is 2.04 bits per heavy atom. The lowest BCUT2D eigenvalue weighted by Gasteiger charge is -2.25. The largest absolute Gasteiger partial charge is 0.343 e. The van der Waals surface area contributed by atoms with Gasteiger partial charge in [-0.1, -0.05) is 47.2 Å². The van der Waals surface area contributed by atoms with E-state index < -0.39 is 0 Å². The Hall–Kier alpha value is -2.99. The molecule has 0 radical (unpaired) electrons. The first-order valence-electron chi connectivity index (χ1n) is 9.04. The SMILES string of the molecule is Cc1cccc(C2=CCN(c3nn4cc(-c5cccnc5)nc4s3)CC2)c1. The van der Waals surface area contributed by atoms with Crippen LogP contribution in [0.3, 0.4) is 0 Å². The van der Waals surface area contributed by atoms with Crippen molar-refractivity contribution < 1.29 is 0 Å². The molecular weight excluding hydrogens is 354 g/mol. The molecule has 0 aliphatic carbocycles. The topological polar surface area (TPSA) is 46.3 Å². The smallest absolute Gasteiger partial charge is 0.214 e. The summed E-state index contributed by atoms with van der Waals surface area (Å²) in [6.07, 6.45) is 8.93. The Labute approximate surface area is 161 Å². The van der Waals surface area contributed by atoms with Gasteiger partial charge in [0.1, 0.15) is 0 Å². The average molecular weight is 373 g/mol. The Balaban J connectivity index is 1.37. The lowest BCUT2D eigenvalue weighted by Crippen LogP contribution is -2.28. The van der Waals surface area contributed by atoms with Gasteiger partial charge in [0, 0.05) is 31.0 Å². The number of anilines is 1. The van der Waals surface area contributed by atoms with Gasteiger partial charge in [-0.25, -0.2) is 9.50 Å². The first-order valence-corrected chi connectivity index (χ1v) is 9.85. The lowest BCUT2D eigenvalue weighted by molar-refractivity contribution is 0.807. The molecule has 0 amide bonds. The second kappa shape index (κ2) is 6.63. The van der Waals surface area contributed by atoms with Crippen LogP contribution < -0.4 is 4.90 Å². The molecule has 0 saturated carbocycles. The minimum absolute atomic E-state index is 0.884. The van der Waals surface area contributed by atoms with Crippen LogP contribution in [-0.2, 0) is 0 Å². The number of nitrogens with zero attached hydrogens (tertiary/aromatic N) is 5. The van der Waals surface area contributed by atoms with E-state index in [9.17, 15) is 0 Å². The molecule has 134 valence electrons. The third-order valence-corrected chi connectivity index (χ3v) is 5.84. The van der Waals surface area contributed by atoms with Crippen molar-refractivity contribution in [2.45, 2.75) is 13.3 Å². The van der Waals surface area contributed by atoms with E-state index in [1.165, 1.54) is 16.7 Å². The summed E-state index contributed by atoms with van der Waals surface area (Å²) in [5.41, 5.74) is 6.00. The van der Waals surface area contributed by atoms with Gasteiger partial charge in [0.2, 0.25) is 10.1 Å². The fourth-order valence-corrected chi connectivity index (χ4v) is 4.34. The van der Waals surface area contributed by atoms with Crippen LogP contribution in [0.2, 0.25) is 0 Å². The zero-order valence-electron chi connectivity index (χ0n) is 15.0. The van der Waals surface area contributed by atoms with E-state index in [4.69, 9.17) is 10.1 Å². The summed E-state index contributed by atoms with van der Waals surface area (Å²) in [5.74, 6) is 0. The number of aromatic nitrogens is 4. The van der Waals surface area contributed by atoms with Crippen LogP contribution in [0.5, 0.6) is 0 Å². The fraction of sp³-hybridized carbons (Fsp3) is 0.190. The fourth-order valence-electron chi connectivity index (χ4n) is 3.42. The molecule has 6 heteroatoms. The predicted octanol–water partition coefficient (Wildman–Crippen LogP) is 4.45. The zero-order valence-corrected chi connectivity index (χ0v) is 15.9.